The van der Waals surface area contributed by atoms with Gasteiger partial charge in [0, 0.05) is 17.6 Å². The van der Waals surface area contributed by atoms with Crippen molar-refractivity contribution in [1.82, 2.24) is 5.32 Å². The molecular formula is C18H23NO. The highest BCUT2D eigenvalue weighted by Gasteiger charge is 2.16. The molecule has 2 rings (SSSR count). The van der Waals surface area contributed by atoms with Gasteiger partial charge in [0.05, 0.1) is 7.11 Å². The number of benzene rings is 2. The molecule has 2 unspecified atom stereocenters. The van der Waals surface area contributed by atoms with E-state index in [0.29, 0.717) is 12.1 Å². The summed E-state index contributed by atoms with van der Waals surface area (Å²) in [6, 6.07) is 19.4. The van der Waals surface area contributed by atoms with Crippen molar-refractivity contribution in [3.8, 4) is 5.75 Å². The van der Waals surface area contributed by atoms with Gasteiger partial charge in [-0.15, -0.1) is 0 Å². The van der Waals surface area contributed by atoms with Crippen LogP contribution in [0.5, 0.6) is 5.75 Å². The van der Waals surface area contributed by atoms with Gasteiger partial charge in [0.1, 0.15) is 5.75 Å². The van der Waals surface area contributed by atoms with Gasteiger partial charge < -0.3 is 10.1 Å². The van der Waals surface area contributed by atoms with E-state index >= 15 is 0 Å². The Labute approximate surface area is 121 Å². The first-order valence-electron chi connectivity index (χ1n) is 7.20. The predicted molar refractivity (Wildman–Crippen MR) is 84.0 cm³/mol. The summed E-state index contributed by atoms with van der Waals surface area (Å²) in [5.41, 5.74) is 2.53. The first kappa shape index (κ1) is 14.6. The molecular weight excluding hydrogens is 246 g/mol. The predicted octanol–water partition coefficient (Wildman–Crippen LogP) is 4.50. The average Bonchev–Trinajstić information content (AvgIpc) is 2.53. The zero-order chi connectivity index (χ0) is 14.4. The second-order valence-corrected chi connectivity index (χ2v) is 5.00. The van der Waals surface area contributed by atoms with Crippen LogP contribution in [0.4, 0.5) is 0 Å². The molecule has 0 heterocycles. The number of nitrogens with one attached hydrogen (secondary N) is 1. The van der Waals surface area contributed by atoms with Gasteiger partial charge in [0.25, 0.3) is 0 Å². The number of rotatable bonds is 6. The van der Waals surface area contributed by atoms with Crippen molar-refractivity contribution >= 4 is 0 Å². The smallest absolute Gasteiger partial charge is 0.123 e. The summed E-state index contributed by atoms with van der Waals surface area (Å²) in [6.07, 6.45) is 1.03. The minimum absolute atomic E-state index is 0.293. The van der Waals surface area contributed by atoms with Crippen molar-refractivity contribution in [1.29, 1.82) is 0 Å². The van der Waals surface area contributed by atoms with Crippen LogP contribution in [0.15, 0.2) is 54.6 Å². The normalized spacial score (nSPS) is 13.8. The minimum Gasteiger partial charge on any atom is -0.496 e. The first-order chi connectivity index (χ1) is 9.76. The van der Waals surface area contributed by atoms with E-state index in [-0.39, 0.29) is 0 Å². The van der Waals surface area contributed by atoms with Crippen LogP contribution in [0, 0.1) is 0 Å². The number of ether oxygens (including phenoxy) is 1. The maximum atomic E-state index is 5.48. The fraction of sp³-hybridized carbons (Fsp3) is 0.333. The Morgan fingerprint density at radius 2 is 1.65 bits per heavy atom. The lowest BCUT2D eigenvalue weighted by Crippen LogP contribution is -2.24. The Morgan fingerprint density at radius 3 is 2.30 bits per heavy atom. The molecule has 0 spiro atoms. The third kappa shape index (κ3) is 3.40. The lowest BCUT2D eigenvalue weighted by molar-refractivity contribution is 0.388. The highest BCUT2D eigenvalue weighted by Crippen LogP contribution is 2.29. The van der Waals surface area contributed by atoms with E-state index in [4.69, 9.17) is 4.74 Å². The van der Waals surface area contributed by atoms with Crippen LogP contribution in [0.25, 0.3) is 0 Å². The van der Waals surface area contributed by atoms with E-state index in [9.17, 15) is 0 Å². The summed E-state index contributed by atoms with van der Waals surface area (Å²) in [5.74, 6) is 0.951. The second kappa shape index (κ2) is 7.11. The number of hydrogen-bond donors (Lipinski definition) is 1. The van der Waals surface area contributed by atoms with Crippen LogP contribution in [-0.4, -0.2) is 7.11 Å². The molecule has 0 saturated carbocycles. The zero-order valence-corrected chi connectivity index (χ0v) is 12.5. The molecule has 2 atom stereocenters. The third-order valence-electron chi connectivity index (χ3n) is 3.67. The van der Waals surface area contributed by atoms with Gasteiger partial charge >= 0.3 is 0 Å². The van der Waals surface area contributed by atoms with Crippen molar-refractivity contribution in [2.45, 2.75) is 32.4 Å². The van der Waals surface area contributed by atoms with E-state index in [1.807, 2.05) is 18.2 Å². The van der Waals surface area contributed by atoms with E-state index < -0.39 is 0 Å². The molecule has 2 heteroatoms. The first-order valence-corrected chi connectivity index (χ1v) is 7.20. The summed E-state index contributed by atoms with van der Waals surface area (Å²) in [5, 5.41) is 3.69. The Bertz CT molecular complexity index is 524. The molecule has 2 aromatic rings. The summed E-state index contributed by atoms with van der Waals surface area (Å²) in [4.78, 5) is 0. The largest absolute Gasteiger partial charge is 0.496 e. The molecule has 0 aromatic heterocycles. The van der Waals surface area contributed by atoms with E-state index in [0.717, 1.165) is 12.2 Å². The topological polar surface area (TPSA) is 21.3 Å². The van der Waals surface area contributed by atoms with Crippen LogP contribution < -0.4 is 10.1 Å². The molecule has 0 saturated heterocycles. The molecule has 2 nitrogen and oxygen atoms in total. The molecule has 0 bridgehead atoms. The van der Waals surface area contributed by atoms with Gasteiger partial charge in [-0.1, -0.05) is 55.5 Å². The molecule has 20 heavy (non-hydrogen) atoms. The highest BCUT2D eigenvalue weighted by atomic mass is 16.5. The Morgan fingerprint density at radius 1 is 1.00 bits per heavy atom. The Balaban J connectivity index is 2.17. The summed E-state index contributed by atoms with van der Waals surface area (Å²) >= 11 is 0. The molecule has 0 aliphatic rings. The van der Waals surface area contributed by atoms with Crippen LogP contribution in [-0.2, 0) is 0 Å². The summed E-state index contributed by atoms with van der Waals surface area (Å²) < 4.78 is 5.48. The minimum atomic E-state index is 0.293. The standard InChI is InChI=1S/C18H23NO/c1-4-17(16-12-8-9-13-18(16)20-3)19-14(2)15-10-6-5-7-11-15/h5-14,17,19H,4H2,1-3H3. The number of hydrogen-bond acceptors (Lipinski definition) is 2. The van der Waals surface area contributed by atoms with Crippen LogP contribution >= 0.6 is 0 Å². The number of para-hydroxylation sites is 1. The molecule has 0 fully saturated rings. The molecule has 1 N–H and O–H groups in total. The van der Waals surface area contributed by atoms with Crippen molar-refractivity contribution < 1.29 is 4.74 Å². The maximum absolute atomic E-state index is 5.48. The van der Waals surface area contributed by atoms with Crippen molar-refractivity contribution in [3.63, 3.8) is 0 Å². The monoisotopic (exact) mass is 269 g/mol. The van der Waals surface area contributed by atoms with E-state index in [1.54, 1.807) is 7.11 Å². The molecule has 0 aliphatic carbocycles. The third-order valence-corrected chi connectivity index (χ3v) is 3.67. The lowest BCUT2D eigenvalue weighted by Gasteiger charge is -2.24. The number of methoxy groups -OCH3 is 1. The van der Waals surface area contributed by atoms with Crippen molar-refractivity contribution in [3.05, 3.63) is 65.7 Å². The quantitative estimate of drug-likeness (QED) is 0.834. The van der Waals surface area contributed by atoms with Gasteiger partial charge in [0.2, 0.25) is 0 Å². The zero-order valence-electron chi connectivity index (χ0n) is 12.5. The Hall–Kier alpha value is -1.80. The molecule has 106 valence electrons. The maximum Gasteiger partial charge on any atom is 0.123 e. The second-order valence-electron chi connectivity index (χ2n) is 5.00. The fourth-order valence-electron chi connectivity index (χ4n) is 2.52. The molecule has 0 aliphatic heterocycles. The average molecular weight is 269 g/mol. The van der Waals surface area contributed by atoms with E-state index in [1.165, 1.54) is 11.1 Å². The van der Waals surface area contributed by atoms with Gasteiger partial charge in [-0.25, -0.2) is 0 Å². The lowest BCUT2D eigenvalue weighted by atomic mass is 10.0. The van der Waals surface area contributed by atoms with Gasteiger partial charge in [0.15, 0.2) is 0 Å². The van der Waals surface area contributed by atoms with Gasteiger partial charge in [-0.2, -0.15) is 0 Å². The van der Waals surface area contributed by atoms with Gasteiger partial charge in [-0.3, -0.25) is 0 Å². The molecule has 0 amide bonds. The van der Waals surface area contributed by atoms with Gasteiger partial charge in [-0.05, 0) is 25.0 Å². The SMILES string of the molecule is CCC(NC(C)c1ccccc1)c1ccccc1OC. The highest BCUT2D eigenvalue weighted by molar-refractivity contribution is 5.36. The van der Waals surface area contributed by atoms with Crippen LogP contribution in [0.2, 0.25) is 0 Å². The Kier molecular flexibility index (Phi) is 5.19. The van der Waals surface area contributed by atoms with Crippen LogP contribution in [0.3, 0.4) is 0 Å². The summed E-state index contributed by atoms with van der Waals surface area (Å²) in [7, 11) is 1.73. The summed E-state index contributed by atoms with van der Waals surface area (Å²) in [6.45, 7) is 4.40. The van der Waals surface area contributed by atoms with Crippen LogP contribution in [0.1, 0.15) is 43.5 Å². The van der Waals surface area contributed by atoms with E-state index in [2.05, 4.69) is 55.6 Å². The molecule has 0 radical (unpaired) electrons. The fourth-order valence-corrected chi connectivity index (χ4v) is 2.52. The van der Waals surface area contributed by atoms with Crippen molar-refractivity contribution in [2.24, 2.45) is 0 Å². The molecule has 2 aromatic carbocycles. The van der Waals surface area contributed by atoms with Crippen molar-refractivity contribution in [2.75, 3.05) is 7.11 Å².